The first-order valence-corrected chi connectivity index (χ1v) is 15.1. The molecule has 0 spiro atoms. The highest BCUT2D eigenvalue weighted by molar-refractivity contribution is 6.33. The molecule has 0 amide bonds. The summed E-state index contributed by atoms with van der Waals surface area (Å²) in [6, 6.07) is 7.79. The van der Waals surface area contributed by atoms with Crippen LogP contribution >= 0.6 is 11.6 Å². The van der Waals surface area contributed by atoms with Crippen molar-refractivity contribution in [2.24, 2.45) is 10.9 Å². The predicted molar refractivity (Wildman–Crippen MR) is 165 cm³/mol. The fourth-order valence-electron chi connectivity index (χ4n) is 5.77. The largest absolute Gasteiger partial charge is 0.484 e. The number of anilines is 1. The smallest absolute Gasteiger partial charge is 0.260 e. The van der Waals surface area contributed by atoms with E-state index in [0.29, 0.717) is 46.1 Å². The Labute approximate surface area is 246 Å². The van der Waals surface area contributed by atoms with Crippen LogP contribution in [0.25, 0.3) is 22.2 Å². The standard InChI is InChI=1S/C31H41ClN6O3/c1-5-37-12-8-22(9-13-37)19-38-29-24(18-33-31(36-29)35-25-10-14-41-15-11-25)16-27(30(38)39)26-7-6-23(17-28(26)32)20(2)34-21(3)40-4/h6-7,16-18,20,22,25H,5,8-15,19H2,1-4H3,(H,33,35,36). The Kier molecular flexibility index (Phi) is 9.57. The maximum absolute atomic E-state index is 14.2. The number of fused-ring (bicyclic) bond motifs is 1. The van der Waals surface area contributed by atoms with Gasteiger partial charge in [0.25, 0.3) is 5.56 Å². The highest BCUT2D eigenvalue weighted by Crippen LogP contribution is 2.32. The third-order valence-corrected chi connectivity index (χ3v) is 8.73. The van der Waals surface area contributed by atoms with Crippen molar-refractivity contribution in [3.8, 4) is 11.1 Å². The zero-order valence-corrected chi connectivity index (χ0v) is 25.3. The summed E-state index contributed by atoms with van der Waals surface area (Å²) >= 11 is 6.83. The van der Waals surface area contributed by atoms with E-state index in [1.165, 1.54) is 0 Å². The second-order valence-electron chi connectivity index (χ2n) is 11.1. The molecule has 0 radical (unpaired) electrons. The number of aromatic nitrogens is 3. The quantitative estimate of drug-likeness (QED) is 0.275. The van der Waals surface area contributed by atoms with E-state index in [9.17, 15) is 4.79 Å². The van der Waals surface area contributed by atoms with Gasteiger partial charge in [-0.05, 0) is 75.9 Å². The molecule has 1 atom stereocenters. The first kappa shape index (κ1) is 29.5. The number of rotatable bonds is 8. The van der Waals surface area contributed by atoms with E-state index in [2.05, 4.69) is 27.1 Å². The molecule has 1 aromatic carbocycles. The van der Waals surface area contributed by atoms with E-state index >= 15 is 0 Å². The van der Waals surface area contributed by atoms with Gasteiger partial charge in [-0.1, -0.05) is 30.7 Å². The topological polar surface area (TPSA) is 93.9 Å². The summed E-state index contributed by atoms with van der Waals surface area (Å²) in [7, 11) is 1.60. The molecule has 0 bridgehead atoms. The molecule has 1 unspecified atom stereocenters. The van der Waals surface area contributed by atoms with Crippen molar-refractivity contribution >= 4 is 34.5 Å². The van der Waals surface area contributed by atoms with Crippen LogP contribution in [0.15, 0.2) is 40.2 Å². The highest BCUT2D eigenvalue weighted by atomic mass is 35.5. The average molecular weight is 581 g/mol. The summed E-state index contributed by atoms with van der Waals surface area (Å²) in [5, 5.41) is 4.79. The van der Waals surface area contributed by atoms with Gasteiger partial charge in [0.15, 0.2) is 5.90 Å². The van der Waals surface area contributed by atoms with Crippen LogP contribution in [0, 0.1) is 5.92 Å². The predicted octanol–water partition coefficient (Wildman–Crippen LogP) is 5.56. The number of ether oxygens (including phenoxy) is 2. The highest BCUT2D eigenvalue weighted by Gasteiger charge is 2.23. The molecular weight excluding hydrogens is 540 g/mol. The maximum Gasteiger partial charge on any atom is 0.260 e. The average Bonchev–Trinajstić information content (AvgIpc) is 2.99. The van der Waals surface area contributed by atoms with Gasteiger partial charge in [0, 0.05) is 60.5 Å². The normalized spacial score (nSPS) is 18.5. The Morgan fingerprint density at radius 2 is 1.95 bits per heavy atom. The summed E-state index contributed by atoms with van der Waals surface area (Å²) in [4.78, 5) is 30.7. The first-order chi connectivity index (χ1) is 19.9. The number of benzene rings is 1. The fourth-order valence-corrected chi connectivity index (χ4v) is 6.06. The number of piperidine rings is 1. The molecule has 2 fully saturated rings. The molecule has 1 N–H and O–H groups in total. The lowest BCUT2D eigenvalue weighted by Crippen LogP contribution is -2.36. The Morgan fingerprint density at radius 3 is 2.63 bits per heavy atom. The van der Waals surface area contributed by atoms with Crippen molar-refractivity contribution < 1.29 is 9.47 Å². The zero-order chi connectivity index (χ0) is 28.9. The second kappa shape index (κ2) is 13.3. The molecule has 10 heteroatoms. The van der Waals surface area contributed by atoms with E-state index in [0.717, 1.165) is 69.5 Å². The number of aliphatic imine (C=N–C) groups is 1. The number of likely N-dealkylation sites (tertiary alicyclic amines) is 1. The lowest BCUT2D eigenvalue weighted by Gasteiger charge is -2.31. The van der Waals surface area contributed by atoms with Crippen LogP contribution in [0.3, 0.4) is 0 Å². The molecule has 2 aromatic heterocycles. The maximum atomic E-state index is 14.2. The molecule has 3 aromatic rings. The van der Waals surface area contributed by atoms with Gasteiger partial charge in [0.1, 0.15) is 5.65 Å². The third-order valence-electron chi connectivity index (χ3n) is 8.41. The van der Waals surface area contributed by atoms with Gasteiger partial charge in [-0.15, -0.1) is 0 Å². The van der Waals surface area contributed by atoms with E-state index in [1.54, 1.807) is 7.11 Å². The summed E-state index contributed by atoms with van der Waals surface area (Å²) in [5.41, 5.74) is 2.78. The van der Waals surface area contributed by atoms with Crippen LogP contribution in [-0.4, -0.2) is 71.3 Å². The number of methoxy groups -OCH3 is 1. The number of hydrogen-bond acceptors (Lipinski definition) is 8. The van der Waals surface area contributed by atoms with Crippen LogP contribution in [0.1, 0.15) is 58.1 Å². The molecule has 2 aliphatic rings. The minimum atomic E-state index is -0.126. The molecule has 2 saturated heterocycles. The third kappa shape index (κ3) is 6.90. The van der Waals surface area contributed by atoms with Crippen LogP contribution in [0.5, 0.6) is 0 Å². The molecule has 2 aliphatic heterocycles. The monoisotopic (exact) mass is 580 g/mol. The van der Waals surface area contributed by atoms with Crippen molar-refractivity contribution in [1.82, 2.24) is 19.4 Å². The van der Waals surface area contributed by atoms with Crippen molar-refractivity contribution in [1.29, 1.82) is 0 Å². The molecule has 41 heavy (non-hydrogen) atoms. The van der Waals surface area contributed by atoms with Gasteiger partial charge in [-0.2, -0.15) is 4.98 Å². The molecular formula is C31H41ClN6O3. The van der Waals surface area contributed by atoms with E-state index < -0.39 is 0 Å². The minimum Gasteiger partial charge on any atom is -0.484 e. The van der Waals surface area contributed by atoms with Crippen molar-refractivity contribution in [2.75, 3.05) is 45.3 Å². The Hall–Kier alpha value is -3.01. The summed E-state index contributed by atoms with van der Waals surface area (Å²) in [6.07, 6.45) is 5.74. The van der Waals surface area contributed by atoms with Gasteiger partial charge in [0.05, 0.1) is 13.2 Å². The van der Waals surface area contributed by atoms with Gasteiger partial charge in [-0.25, -0.2) is 9.98 Å². The molecule has 5 rings (SSSR count). The van der Waals surface area contributed by atoms with Crippen LogP contribution in [0.2, 0.25) is 5.02 Å². The molecule has 0 saturated carbocycles. The Bertz CT molecular complexity index is 1440. The van der Waals surface area contributed by atoms with Gasteiger partial charge in [0.2, 0.25) is 5.95 Å². The Morgan fingerprint density at radius 1 is 1.20 bits per heavy atom. The number of hydrogen-bond donors (Lipinski definition) is 1. The van der Waals surface area contributed by atoms with Crippen LogP contribution in [0.4, 0.5) is 5.95 Å². The lowest BCUT2D eigenvalue weighted by atomic mass is 9.96. The van der Waals surface area contributed by atoms with E-state index in [4.69, 9.17) is 26.1 Å². The Balaban J connectivity index is 1.53. The number of pyridine rings is 1. The van der Waals surface area contributed by atoms with Gasteiger partial charge < -0.3 is 19.7 Å². The molecule has 4 heterocycles. The van der Waals surface area contributed by atoms with Gasteiger partial charge >= 0.3 is 0 Å². The molecule has 0 aliphatic carbocycles. The number of halogens is 1. The van der Waals surface area contributed by atoms with E-state index in [-0.39, 0.29) is 17.6 Å². The zero-order valence-electron chi connectivity index (χ0n) is 24.5. The van der Waals surface area contributed by atoms with Gasteiger partial charge in [-0.3, -0.25) is 9.36 Å². The second-order valence-corrected chi connectivity index (χ2v) is 11.5. The number of nitrogens with zero attached hydrogens (tertiary/aromatic N) is 5. The summed E-state index contributed by atoms with van der Waals surface area (Å²) < 4.78 is 12.6. The molecule has 220 valence electrons. The van der Waals surface area contributed by atoms with E-state index in [1.807, 2.05) is 48.9 Å². The summed E-state index contributed by atoms with van der Waals surface area (Å²) in [5.74, 6) is 1.55. The first-order valence-electron chi connectivity index (χ1n) is 14.7. The SMILES string of the molecule is CCN1CCC(Cn2c(=O)c(-c3ccc(C(C)N=C(C)OC)cc3Cl)cc3cnc(NC4CCOCC4)nc32)CC1. The fraction of sp³-hybridized carbons (Fsp3) is 0.548. The number of nitrogens with one attached hydrogen (secondary N) is 1. The van der Waals surface area contributed by atoms with Crippen molar-refractivity contribution in [2.45, 2.75) is 65.1 Å². The van der Waals surface area contributed by atoms with Crippen molar-refractivity contribution in [3.63, 3.8) is 0 Å². The summed E-state index contributed by atoms with van der Waals surface area (Å²) in [6.45, 7) is 11.2. The minimum absolute atomic E-state index is 0.0814. The molecule has 9 nitrogen and oxygen atoms in total. The van der Waals surface area contributed by atoms with Crippen LogP contribution in [-0.2, 0) is 16.0 Å². The van der Waals surface area contributed by atoms with Crippen molar-refractivity contribution in [3.05, 3.63) is 51.4 Å². The van der Waals surface area contributed by atoms with Crippen LogP contribution < -0.4 is 10.9 Å². The lowest BCUT2D eigenvalue weighted by molar-refractivity contribution is 0.0903.